The van der Waals surface area contributed by atoms with Crippen LogP contribution in [0, 0.1) is 0 Å². The molecule has 0 spiro atoms. The van der Waals surface area contributed by atoms with Crippen LogP contribution in [0.2, 0.25) is 5.02 Å². The van der Waals surface area contributed by atoms with E-state index in [0.29, 0.717) is 10.4 Å². The van der Waals surface area contributed by atoms with Gasteiger partial charge in [-0.2, -0.15) is 15.1 Å². The molecule has 1 saturated carbocycles. The molecule has 2 aliphatic rings. The highest BCUT2D eigenvalue weighted by atomic mass is 35.5. The topological polar surface area (TPSA) is 230 Å². The van der Waals surface area contributed by atoms with E-state index in [2.05, 4.69) is 19.9 Å². The average molecular weight is 746 g/mol. The van der Waals surface area contributed by atoms with Gasteiger partial charge in [-0.25, -0.2) is 13.0 Å². The lowest BCUT2D eigenvalue weighted by Gasteiger charge is -2.30. The molecule has 5 rings (SSSR count). The number of nitrogens with one attached hydrogen (secondary N) is 2. The molecule has 17 nitrogen and oxygen atoms in total. The Morgan fingerprint density at radius 3 is 2.51 bits per heavy atom. The Balaban J connectivity index is 1.42. The summed E-state index contributed by atoms with van der Waals surface area (Å²) >= 11 is 5.99. The molecule has 1 aliphatic heterocycles. The van der Waals surface area contributed by atoms with Crippen molar-refractivity contribution in [2.24, 2.45) is 0 Å². The number of carbonyl (C=O) groups excluding carboxylic acids is 1. The van der Waals surface area contributed by atoms with E-state index in [1.165, 1.54) is 60.8 Å². The maximum atomic E-state index is 14.2. The number of aliphatic hydroxyl groups is 2. The minimum Gasteiger partial charge on any atom is -0.462 e. The fraction of sp³-hybridized carbons (Fsp3) is 0.552. The molecule has 2 aromatic heterocycles. The van der Waals surface area contributed by atoms with Crippen LogP contribution >= 0.6 is 19.3 Å². The number of benzene rings is 1. The minimum absolute atomic E-state index is 0.100. The Labute approximate surface area is 288 Å². The van der Waals surface area contributed by atoms with Crippen molar-refractivity contribution in [2.75, 3.05) is 23.6 Å². The second kappa shape index (κ2) is 13.6. The van der Waals surface area contributed by atoms with Crippen LogP contribution in [-0.4, -0.2) is 87.5 Å². The van der Waals surface area contributed by atoms with Gasteiger partial charge in [-0.15, -0.1) is 4.83 Å². The fourth-order valence-corrected chi connectivity index (χ4v) is 7.62. The number of nitrogen functional groups attached to an aromatic ring is 1. The number of carbonyl (C=O) groups is 1. The summed E-state index contributed by atoms with van der Waals surface area (Å²) in [5.41, 5.74) is 2.72. The van der Waals surface area contributed by atoms with E-state index in [0.717, 1.165) is 19.1 Å². The lowest BCUT2D eigenvalue weighted by molar-refractivity contribution is -0.153. The minimum atomic E-state index is -4.43. The van der Waals surface area contributed by atoms with Gasteiger partial charge in [-0.3, -0.25) is 14.3 Å². The van der Waals surface area contributed by atoms with E-state index >= 15 is 0 Å². The van der Waals surface area contributed by atoms with Crippen molar-refractivity contribution in [1.82, 2.24) is 24.5 Å². The molecule has 49 heavy (non-hydrogen) atoms. The van der Waals surface area contributed by atoms with Crippen LogP contribution in [0.4, 0.5) is 11.8 Å². The third-order valence-corrected chi connectivity index (χ3v) is 10.3. The number of hydrogen-bond donors (Lipinski definition) is 5. The van der Waals surface area contributed by atoms with Crippen LogP contribution in [0.3, 0.4) is 0 Å². The standard InChI is InChI=1S/C29H41ClN7O10PS/c1-16(2)45-26(39)28(3,4)34-48(41,47-19-11-7-17(30)8-12-19)44-15-21-22(38)29(5,40)25(46-21)36-14-13-20-23(36)32-27(31)33-24(20)37(18-9-10-18)35-49(6,42)43/h7-8,11-14,16,18,21-22,25,35,38,40H,9-10,15H2,1-6H3,(H,34,41)(H2,31,32,33)/t21?,22-,25?,29-,48?/m1/s1. The number of nitrogens with two attached hydrogens (primary N) is 1. The maximum absolute atomic E-state index is 14.2. The summed E-state index contributed by atoms with van der Waals surface area (Å²) in [7, 11) is -8.11. The van der Waals surface area contributed by atoms with Crippen LogP contribution < -0.4 is 25.2 Å². The maximum Gasteiger partial charge on any atom is 0.459 e. The Morgan fingerprint density at radius 2 is 1.92 bits per heavy atom. The summed E-state index contributed by atoms with van der Waals surface area (Å²) < 4.78 is 62.8. The van der Waals surface area contributed by atoms with Crippen LogP contribution in [0.15, 0.2) is 36.5 Å². The lowest BCUT2D eigenvalue weighted by atomic mass is 9.96. The van der Waals surface area contributed by atoms with Gasteiger partial charge in [-0.1, -0.05) is 11.6 Å². The summed E-state index contributed by atoms with van der Waals surface area (Å²) in [6.07, 6.45) is -0.611. The predicted octanol–water partition coefficient (Wildman–Crippen LogP) is 2.63. The Morgan fingerprint density at radius 1 is 1.27 bits per heavy atom. The van der Waals surface area contributed by atoms with Gasteiger partial charge in [-0.05, 0) is 77.8 Å². The molecule has 0 bridgehead atoms. The SMILES string of the molecule is CC(C)OC(=O)C(C)(C)NP(=O)(OCC1OC(n2ccc3c(N(NS(C)(=O)=O)C4CC4)nc(N)nc32)[C@](C)(O)[C@@H]1O)Oc1ccc(Cl)cc1. The van der Waals surface area contributed by atoms with Crippen molar-refractivity contribution in [3.05, 3.63) is 41.6 Å². The molecule has 3 heterocycles. The molecule has 1 saturated heterocycles. The molecular formula is C29H41ClN7O10PS. The van der Waals surface area contributed by atoms with E-state index in [1.54, 1.807) is 19.9 Å². The number of nitrogens with zero attached hydrogens (tertiary/aromatic N) is 4. The first-order valence-electron chi connectivity index (χ1n) is 15.4. The molecule has 270 valence electrons. The molecule has 6 N–H and O–H groups in total. The Kier molecular flexibility index (Phi) is 10.3. The number of hydrogen-bond acceptors (Lipinski definition) is 14. The van der Waals surface area contributed by atoms with Crippen molar-refractivity contribution in [1.29, 1.82) is 0 Å². The zero-order chi connectivity index (χ0) is 36.1. The predicted molar refractivity (Wildman–Crippen MR) is 180 cm³/mol. The van der Waals surface area contributed by atoms with Crippen molar-refractivity contribution >= 4 is 58.1 Å². The number of ether oxygens (including phenoxy) is 2. The van der Waals surface area contributed by atoms with Gasteiger partial charge in [0.15, 0.2) is 12.0 Å². The zero-order valence-electron chi connectivity index (χ0n) is 27.7. The summed E-state index contributed by atoms with van der Waals surface area (Å²) in [6, 6.07) is 7.38. The van der Waals surface area contributed by atoms with E-state index in [1.807, 2.05) is 0 Å². The Bertz CT molecular complexity index is 1850. The normalized spacial score (nSPS) is 24.2. The van der Waals surface area contributed by atoms with E-state index < -0.39 is 66.0 Å². The monoisotopic (exact) mass is 745 g/mol. The number of aromatic nitrogens is 3. The second-order valence-corrected chi connectivity index (χ2v) is 16.9. The highest BCUT2D eigenvalue weighted by molar-refractivity contribution is 7.88. The Hall–Kier alpha value is -3.06. The molecule has 1 aliphatic carbocycles. The number of fused-ring (bicyclic) bond motifs is 1. The van der Waals surface area contributed by atoms with Crippen molar-refractivity contribution < 1.29 is 46.5 Å². The van der Waals surface area contributed by atoms with Gasteiger partial charge in [0.1, 0.15) is 34.7 Å². The molecule has 20 heteroatoms. The smallest absolute Gasteiger partial charge is 0.459 e. The first-order chi connectivity index (χ1) is 22.7. The van der Waals surface area contributed by atoms with Gasteiger partial charge in [0.25, 0.3) is 0 Å². The fourth-order valence-electron chi connectivity index (χ4n) is 5.22. The first kappa shape index (κ1) is 37.2. The van der Waals surface area contributed by atoms with Gasteiger partial charge in [0.05, 0.1) is 24.4 Å². The van der Waals surface area contributed by atoms with Crippen LogP contribution in [0.1, 0.15) is 53.7 Å². The van der Waals surface area contributed by atoms with Crippen molar-refractivity contribution in [3.8, 4) is 5.75 Å². The van der Waals surface area contributed by atoms with Gasteiger partial charge >= 0.3 is 13.7 Å². The van der Waals surface area contributed by atoms with Gasteiger partial charge < -0.3 is 34.5 Å². The number of anilines is 2. The molecule has 3 unspecified atom stereocenters. The van der Waals surface area contributed by atoms with E-state index in [-0.39, 0.29) is 29.2 Å². The summed E-state index contributed by atoms with van der Waals surface area (Å²) in [4.78, 5) is 23.9. The second-order valence-electron chi connectivity index (χ2n) is 13.1. The van der Waals surface area contributed by atoms with Gasteiger partial charge in [0, 0.05) is 17.3 Å². The van der Waals surface area contributed by atoms with E-state index in [4.69, 9.17) is 35.9 Å². The third kappa shape index (κ3) is 8.46. The quantitative estimate of drug-likeness (QED) is 0.0907. The molecule has 3 aromatic rings. The molecular weight excluding hydrogens is 705 g/mol. The molecule has 5 atom stereocenters. The molecule has 0 amide bonds. The average Bonchev–Trinajstić information content (AvgIpc) is 3.70. The molecule has 0 radical (unpaired) electrons. The molecule has 1 aromatic carbocycles. The van der Waals surface area contributed by atoms with Gasteiger partial charge in [0.2, 0.25) is 16.0 Å². The number of hydrazine groups is 1. The number of esters is 1. The van der Waals surface area contributed by atoms with Crippen LogP contribution in [0.25, 0.3) is 11.0 Å². The largest absolute Gasteiger partial charge is 0.462 e. The van der Waals surface area contributed by atoms with Crippen LogP contribution in [0.5, 0.6) is 5.75 Å². The first-order valence-corrected chi connectivity index (χ1v) is 19.2. The highest BCUT2D eigenvalue weighted by Crippen LogP contribution is 2.49. The molecule has 2 fully saturated rings. The number of rotatable bonds is 14. The number of sulfonamides is 1. The third-order valence-electron chi connectivity index (χ3n) is 7.70. The number of halogens is 1. The van der Waals surface area contributed by atoms with E-state index in [9.17, 15) is 28.0 Å². The zero-order valence-corrected chi connectivity index (χ0v) is 30.2. The van der Waals surface area contributed by atoms with Crippen molar-refractivity contribution in [3.63, 3.8) is 0 Å². The lowest BCUT2D eigenvalue weighted by Crippen LogP contribution is -2.48. The number of aliphatic hydroxyl groups excluding tert-OH is 1. The summed E-state index contributed by atoms with van der Waals surface area (Å²) in [5, 5.41) is 27.6. The summed E-state index contributed by atoms with van der Waals surface area (Å²) in [5.74, 6) is -0.592. The highest BCUT2D eigenvalue weighted by Gasteiger charge is 2.54. The van der Waals surface area contributed by atoms with Crippen molar-refractivity contribution in [2.45, 2.75) is 89.2 Å². The summed E-state index contributed by atoms with van der Waals surface area (Å²) in [6.45, 7) is 6.98. The van der Waals surface area contributed by atoms with Crippen LogP contribution in [-0.2, 0) is 33.4 Å².